The second-order valence-electron chi connectivity index (χ2n) is 16.4. The molecule has 0 rings (SSSR count). The van der Waals surface area contributed by atoms with E-state index in [1.807, 2.05) is 0 Å². The summed E-state index contributed by atoms with van der Waals surface area (Å²) in [6.45, 7) is 6.41. The second kappa shape index (κ2) is 49.2. The molecule has 0 saturated heterocycles. The summed E-state index contributed by atoms with van der Waals surface area (Å²) in [4.78, 5) is 37.8. The summed E-state index contributed by atoms with van der Waals surface area (Å²) in [5.74, 6) is -0.993. The molecule has 0 aliphatic rings. The molecule has 0 fully saturated rings. The van der Waals surface area contributed by atoms with E-state index in [1.165, 1.54) is 77.0 Å². The molecular formula is C55H92O6. The Morgan fingerprint density at radius 2 is 0.705 bits per heavy atom. The third-order valence-electron chi connectivity index (χ3n) is 10.4. The Morgan fingerprint density at radius 1 is 0.361 bits per heavy atom. The van der Waals surface area contributed by atoms with E-state index in [-0.39, 0.29) is 37.5 Å². The minimum atomic E-state index is -0.809. The van der Waals surface area contributed by atoms with Crippen LogP contribution >= 0.6 is 0 Å². The zero-order valence-electron chi connectivity index (χ0n) is 39.7. The molecule has 0 amide bonds. The molecule has 0 bridgehead atoms. The second-order valence-corrected chi connectivity index (χ2v) is 16.4. The van der Waals surface area contributed by atoms with Crippen molar-refractivity contribution in [2.75, 3.05) is 13.2 Å². The summed E-state index contributed by atoms with van der Waals surface area (Å²) in [5, 5.41) is 0. The minimum Gasteiger partial charge on any atom is -0.462 e. The van der Waals surface area contributed by atoms with Gasteiger partial charge in [0.25, 0.3) is 0 Å². The number of unbranched alkanes of at least 4 members (excludes halogenated alkanes) is 20. The number of carbonyl (C=O) groups is 3. The van der Waals surface area contributed by atoms with Crippen LogP contribution in [0, 0.1) is 0 Å². The lowest BCUT2D eigenvalue weighted by Crippen LogP contribution is -2.30. The van der Waals surface area contributed by atoms with Crippen LogP contribution in [0.25, 0.3) is 0 Å². The highest BCUT2D eigenvalue weighted by atomic mass is 16.6. The quantitative estimate of drug-likeness (QED) is 0.0200. The molecule has 348 valence electrons. The van der Waals surface area contributed by atoms with E-state index in [9.17, 15) is 14.4 Å². The Balaban J connectivity index is 4.44. The van der Waals surface area contributed by atoms with Gasteiger partial charge in [-0.25, -0.2) is 0 Å². The fraction of sp³-hybridized carbons (Fsp3) is 0.691. The molecule has 0 radical (unpaired) electrons. The van der Waals surface area contributed by atoms with E-state index in [0.29, 0.717) is 19.3 Å². The summed E-state index contributed by atoms with van der Waals surface area (Å²) in [6.07, 6.45) is 62.9. The molecule has 0 aromatic heterocycles. The van der Waals surface area contributed by atoms with Crippen LogP contribution in [0.5, 0.6) is 0 Å². The number of hydrogen-bond donors (Lipinski definition) is 0. The van der Waals surface area contributed by atoms with Crippen LogP contribution in [0.1, 0.15) is 226 Å². The molecule has 0 heterocycles. The average Bonchev–Trinajstić information content (AvgIpc) is 3.26. The number of allylic oxidation sites excluding steroid dienone is 14. The maximum Gasteiger partial charge on any atom is 0.306 e. The van der Waals surface area contributed by atoms with E-state index in [1.54, 1.807) is 0 Å². The van der Waals surface area contributed by atoms with Gasteiger partial charge in [0.1, 0.15) is 13.2 Å². The fourth-order valence-corrected chi connectivity index (χ4v) is 6.60. The normalized spacial score (nSPS) is 12.8. The Kier molecular flexibility index (Phi) is 46.5. The van der Waals surface area contributed by atoms with Gasteiger partial charge in [0.15, 0.2) is 6.10 Å². The van der Waals surface area contributed by atoms with Crippen molar-refractivity contribution in [1.82, 2.24) is 0 Å². The summed E-state index contributed by atoms with van der Waals surface area (Å²) >= 11 is 0. The summed E-state index contributed by atoms with van der Waals surface area (Å²) in [5.41, 5.74) is 0. The third-order valence-corrected chi connectivity index (χ3v) is 10.4. The van der Waals surface area contributed by atoms with Gasteiger partial charge in [0, 0.05) is 19.3 Å². The summed E-state index contributed by atoms with van der Waals surface area (Å²) in [7, 11) is 0. The molecule has 1 unspecified atom stereocenters. The zero-order chi connectivity index (χ0) is 44.4. The summed E-state index contributed by atoms with van der Waals surface area (Å²) in [6, 6.07) is 0. The molecule has 0 aromatic carbocycles. The van der Waals surface area contributed by atoms with Crippen molar-refractivity contribution in [1.29, 1.82) is 0 Å². The van der Waals surface area contributed by atoms with Crippen molar-refractivity contribution >= 4 is 17.9 Å². The van der Waals surface area contributed by atoms with Crippen LogP contribution in [-0.2, 0) is 28.6 Å². The maximum atomic E-state index is 12.8. The highest BCUT2D eigenvalue weighted by Crippen LogP contribution is 2.12. The van der Waals surface area contributed by atoms with E-state index < -0.39 is 6.10 Å². The monoisotopic (exact) mass is 849 g/mol. The third kappa shape index (κ3) is 47.5. The van der Waals surface area contributed by atoms with Gasteiger partial charge in [-0.3, -0.25) is 14.4 Å². The standard InChI is InChI=1S/C55H92O6/c1-4-7-10-13-16-19-21-23-25-27-28-30-31-33-36-39-42-45-48-54(57)60-51-52(50-59-53(56)47-44-41-38-35-18-15-12-9-6-3)61-55(58)49-46-43-40-37-34-32-29-26-24-22-20-17-14-11-8-5-2/h8,11,17,20,24-28,30,32,34-35,38,52H,4-7,9-10,12-16,18-19,21-23,29,31,33,36-37,39-51H2,1-3H3/b11-8-,20-17-,26-24-,27-25-,30-28-,34-32-,38-35-. The molecule has 0 saturated carbocycles. The molecule has 61 heavy (non-hydrogen) atoms. The van der Waals surface area contributed by atoms with Gasteiger partial charge in [-0.15, -0.1) is 0 Å². The number of hydrogen-bond acceptors (Lipinski definition) is 6. The van der Waals surface area contributed by atoms with Gasteiger partial charge in [0.05, 0.1) is 0 Å². The number of ether oxygens (including phenoxy) is 3. The predicted octanol–water partition coefficient (Wildman–Crippen LogP) is 16.4. The topological polar surface area (TPSA) is 78.9 Å². The zero-order valence-corrected chi connectivity index (χ0v) is 39.7. The molecule has 6 heteroatoms. The minimum absolute atomic E-state index is 0.107. The van der Waals surface area contributed by atoms with Gasteiger partial charge < -0.3 is 14.2 Å². The van der Waals surface area contributed by atoms with Crippen LogP contribution in [0.3, 0.4) is 0 Å². The lowest BCUT2D eigenvalue weighted by Gasteiger charge is -2.18. The Hall–Kier alpha value is -3.41. The molecule has 0 aliphatic heterocycles. The Morgan fingerprint density at radius 3 is 1.21 bits per heavy atom. The molecule has 0 spiro atoms. The van der Waals surface area contributed by atoms with E-state index in [0.717, 1.165) is 103 Å². The summed E-state index contributed by atoms with van der Waals surface area (Å²) < 4.78 is 16.7. The van der Waals surface area contributed by atoms with Crippen LogP contribution in [0.2, 0.25) is 0 Å². The van der Waals surface area contributed by atoms with Gasteiger partial charge in [-0.05, 0) is 103 Å². The van der Waals surface area contributed by atoms with Crippen molar-refractivity contribution in [2.45, 2.75) is 232 Å². The smallest absolute Gasteiger partial charge is 0.306 e. The van der Waals surface area contributed by atoms with Crippen molar-refractivity contribution in [3.63, 3.8) is 0 Å². The first kappa shape index (κ1) is 57.6. The highest BCUT2D eigenvalue weighted by molar-refractivity contribution is 5.71. The molecule has 0 aliphatic carbocycles. The Bertz CT molecular complexity index is 1200. The lowest BCUT2D eigenvalue weighted by molar-refractivity contribution is -0.167. The van der Waals surface area contributed by atoms with Gasteiger partial charge >= 0.3 is 17.9 Å². The number of carbonyl (C=O) groups excluding carboxylic acids is 3. The van der Waals surface area contributed by atoms with Crippen LogP contribution < -0.4 is 0 Å². The van der Waals surface area contributed by atoms with E-state index in [2.05, 4.69) is 106 Å². The van der Waals surface area contributed by atoms with Gasteiger partial charge in [-0.1, -0.05) is 189 Å². The number of esters is 3. The molecule has 0 aromatic rings. The Labute approximate surface area is 375 Å². The largest absolute Gasteiger partial charge is 0.462 e. The van der Waals surface area contributed by atoms with Gasteiger partial charge in [-0.2, -0.15) is 0 Å². The first-order chi connectivity index (χ1) is 30.0. The maximum absolute atomic E-state index is 12.8. The first-order valence-electron chi connectivity index (χ1n) is 25.1. The number of rotatable bonds is 44. The molecular weight excluding hydrogens is 757 g/mol. The molecule has 6 nitrogen and oxygen atoms in total. The van der Waals surface area contributed by atoms with Crippen molar-refractivity contribution in [3.05, 3.63) is 85.1 Å². The predicted molar refractivity (Wildman–Crippen MR) is 261 cm³/mol. The lowest BCUT2D eigenvalue weighted by atomic mass is 10.1. The highest BCUT2D eigenvalue weighted by Gasteiger charge is 2.19. The van der Waals surface area contributed by atoms with E-state index >= 15 is 0 Å². The van der Waals surface area contributed by atoms with Crippen LogP contribution in [-0.4, -0.2) is 37.2 Å². The molecule has 0 N–H and O–H groups in total. The first-order valence-corrected chi connectivity index (χ1v) is 25.1. The van der Waals surface area contributed by atoms with Gasteiger partial charge in [0.2, 0.25) is 0 Å². The van der Waals surface area contributed by atoms with Crippen LogP contribution in [0.15, 0.2) is 85.1 Å². The SMILES string of the molecule is CC/C=C\C/C=C\C/C=C\C/C=C\CCCCCC(=O)OC(COC(=O)CCC/C=C\CCCCCC)COC(=O)CCCCCCC/C=C\C=C/CCCCCCCCC. The van der Waals surface area contributed by atoms with E-state index in [4.69, 9.17) is 14.2 Å². The average molecular weight is 849 g/mol. The molecule has 1 atom stereocenters. The van der Waals surface area contributed by atoms with Crippen molar-refractivity contribution < 1.29 is 28.6 Å². The fourth-order valence-electron chi connectivity index (χ4n) is 6.60. The van der Waals surface area contributed by atoms with Crippen molar-refractivity contribution in [3.8, 4) is 0 Å². The van der Waals surface area contributed by atoms with Crippen molar-refractivity contribution in [2.24, 2.45) is 0 Å². The van der Waals surface area contributed by atoms with Crippen LogP contribution in [0.4, 0.5) is 0 Å².